The van der Waals surface area contributed by atoms with Crippen LogP contribution >= 0.6 is 0 Å². The summed E-state index contributed by atoms with van der Waals surface area (Å²) in [6, 6.07) is 14.5. The van der Waals surface area contributed by atoms with Crippen molar-refractivity contribution >= 4 is 5.52 Å². The lowest BCUT2D eigenvalue weighted by atomic mass is 10.1. The Hall–Kier alpha value is -2.80. The number of nitrogens with zero attached hydrogens (tertiary/aromatic N) is 1. The number of rotatable bonds is 0. The van der Waals surface area contributed by atoms with Crippen molar-refractivity contribution in [2.75, 3.05) is 0 Å². The molecule has 1 aromatic carbocycles. The van der Waals surface area contributed by atoms with E-state index in [4.69, 9.17) is 0 Å². The van der Waals surface area contributed by atoms with Crippen LogP contribution in [0.25, 0.3) is 5.52 Å². The number of fused-ring (bicyclic) bond motifs is 1. The molecular formula is C18H11F3N+. The van der Waals surface area contributed by atoms with Gasteiger partial charge < -0.3 is 0 Å². The zero-order valence-corrected chi connectivity index (χ0v) is 11.4. The molecule has 1 nitrogen and oxygen atoms in total. The molecule has 0 unspecified atom stereocenters. The van der Waals surface area contributed by atoms with Crippen molar-refractivity contribution in [3.05, 3.63) is 83.7 Å². The number of benzene rings is 1. The first-order chi connectivity index (χ1) is 10.5. The third-order valence-corrected chi connectivity index (χ3v) is 3.20. The van der Waals surface area contributed by atoms with Gasteiger partial charge in [-0.2, -0.15) is 17.6 Å². The minimum Gasteiger partial charge on any atom is -0.167 e. The second-order valence-electron chi connectivity index (χ2n) is 4.77. The molecule has 0 aliphatic rings. The van der Waals surface area contributed by atoms with E-state index in [0.29, 0.717) is 5.56 Å². The van der Waals surface area contributed by atoms with Crippen LogP contribution in [0, 0.1) is 11.8 Å². The summed E-state index contributed by atoms with van der Waals surface area (Å²) in [7, 11) is 0. The van der Waals surface area contributed by atoms with Crippen molar-refractivity contribution in [2.45, 2.75) is 6.18 Å². The topological polar surface area (TPSA) is 4.10 Å². The lowest BCUT2D eigenvalue weighted by Crippen LogP contribution is -2.19. The van der Waals surface area contributed by atoms with E-state index < -0.39 is 11.7 Å². The van der Waals surface area contributed by atoms with Crippen LogP contribution in [0.3, 0.4) is 0 Å². The highest BCUT2D eigenvalue weighted by atomic mass is 19.4. The van der Waals surface area contributed by atoms with Gasteiger partial charge in [0.15, 0.2) is 12.4 Å². The number of pyridine rings is 2. The summed E-state index contributed by atoms with van der Waals surface area (Å²) in [6.07, 6.45) is -0.490. The number of hydrogen-bond acceptors (Lipinski definition) is 0. The largest absolute Gasteiger partial charge is 0.416 e. The molecule has 0 fully saturated rings. The monoisotopic (exact) mass is 298 g/mol. The lowest BCUT2D eigenvalue weighted by molar-refractivity contribution is -0.512. The van der Waals surface area contributed by atoms with Crippen LogP contribution in [0.5, 0.6) is 0 Å². The highest BCUT2D eigenvalue weighted by Crippen LogP contribution is 2.28. The molecule has 0 amide bonds. The van der Waals surface area contributed by atoms with Gasteiger partial charge in [-0.15, -0.1) is 0 Å². The van der Waals surface area contributed by atoms with Gasteiger partial charge in [-0.3, -0.25) is 0 Å². The fourth-order valence-corrected chi connectivity index (χ4v) is 2.06. The van der Waals surface area contributed by atoms with Gasteiger partial charge >= 0.3 is 6.18 Å². The predicted molar refractivity (Wildman–Crippen MR) is 77.0 cm³/mol. The van der Waals surface area contributed by atoms with Crippen molar-refractivity contribution in [3.63, 3.8) is 0 Å². The van der Waals surface area contributed by atoms with Crippen molar-refractivity contribution in [1.82, 2.24) is 0 Å². The van der Waals surface area contributed by atoms with Gasteiger partial charge in [0.1, 0.15) is 0 Å². The van der Waals surface area contributed by atoms with Crippen LogP contribution in [0.1, 0.15) is 16.7 Å². The fourth-order valence-electron chi connectivity index (χ4n) is 2.06. The van der Waals surface area contributed by atoms with E-state index in [1.165, 1.54) is 12.1 Å². The molecule has 0 aliphatic carbocycles. The lowest BCUT2D eigenvalue weighted by Gasteiger charge is -2.05. The second-order valence-corrected chi connectivity index (χ2v) is 4.77. The van der Waals surface area contributed by atoms with Gasteiger partial charge in [0, 0.05) is 35.4 Å². The summed E-state index contributed by atoms with van der Waals surface area (Å²) >= 11 is 0. The van der Waals surface area contributed by atoms with Gasteiger partial charge in [-0.1, -0.05) is 11.8 Å². The van der Waals surface area contributed by atoms with E-state index in [1.807, 2.05) is 47.1 Å². The molecule has 2 heterocycles. The third-order valence-electron chi connectivity index (χ3n) is 3.20. The number of aromatic nitrogens is 1. The molecule has 108 valence electrons. The summed E-state index contributed by atoms with van der Waals surface area (Å²) in [5.74, 6) is 5.84. The van der Waals surface area contributed by atoms with Crippen LogP contribution in [-0.4, -0.2) is 0 Å². The van der Waals surface area contributed by atoms with E-state index in [-0.39, 0.29) is 0 Å². The minimum absolute atomic E-state index is 0.550. The minimum atomic E-state index is -4.32. The van der Waals surface area contributed by atoms with Gasteiger partial charge in [-0.05, 0) is 30.3 Å². The Morgan fingerprint density at radius 3 is 2.23 bits per heavy atom. The van der Waals surface area contributed by atoms with Crippen LogP contribution in [0.4, 0.5) is 13.2 Å². The molecule has 0 N–H and O–H groups in total. The Morgan fingerprint density at radius 1 is 0.773 bits per heavy atom. The first-order valence-corrected chi connectivity index (χ1v) is 6.62. The molecule has 4 heteroatoms. The molecule has 0 radical (unpaired) electrons. The van der Waals surface area contributed by atoms with Gasteiger partial charge in [0.2, 0.25) is 5.52 Å². The first-order valence-electron chi connectivity index (χ1n) is 6.62. The average Bonchev–Trinajstić information content (AvgIpc) is 2.52. The average molecular weight is 298 g/mol. The van der Waals surface area contributed by atoms with Crippen LogP contribution < -0.4 is 4.40 Å². The molecule has 0 saturated heterocycles. The molecular weight excluding hydrogens is 287 g/mol. The first kappa shape index (κ1) is 14.2. The Kier molecular flexibility index (Phi) is 3.56. The predicted octanol–water partition coefficient (Wildman–Crippen LogP) is 3.84. The van der Waals surface area contributed by atoms with Crippen LogP contribution in [0.15, 0.2) is 67.0 Å². The Labute approximate surface area is 125 Å². The molecule has 3 aromatic rings. The molecule has 0 aliphatic heterocycles. The SMILES string of the molecule is FC(F)(F)c1ccc(C#Cc2cc[n+]3ccccc3c2)cc1. The summed E-state index contributed by atoms with van der Waals surface area (Å²) in [4.78, 5) is 0. The smallest absolute Gasteiger partial charge is 0.167 e. The molecule has 0 spiro atoms. The highest BCUT2D eigenvalue weighted by molar-refractivity contribution is 5.49. The van der Waals surface area contributed by atoms with Crippen molar-refractivity contribution in [3.8, 4) is 11.8 Å². The maximum atomic E-state index is 12.5. The van der Waals surface area contributed by atoms with E-state index in [2.05, 4.69) is 11.8 Å². The summed E-state index contributed by atoms with van der Waals surface area (Å²) in [5, 5.41) is 0. The van der Waals surface area contributed by atoms with Crippen molar-refractivity contribution in [1.29, 1.82) is 0 Å². The number of alkyl halides is 3. The van der Waals surface area contributed by atoms with E-state index in [9.17, 15) is 13.2 Å². The molecule has 0 bridgehead atoms. The van der Waals surface area contributed by atoms with Gasteiger partial charge in [0.25, 0.3) is 0 Å². The standard InChI is InChI=1S/C18H11F3N/c19-18(20,21)16-8-6-14(7-9-16)4-5-15-10-12-22-11-2-1-3-17(22)13-15/h1-3,6-13H/q+1. The summed E-state index contributed by atoms with van der Waals surface area (Å²) in [5.41, 5.74) is 1.70. The van der Waals surface area contributed by atoms with E-state index >= 15 is 0 Å². The maximum Gasteiger partial charge on any atom is 0.416 e. The molecule has 3 rings (SSSR count). The zero-order valence-electron chi connectivity index (χ0n) is 11.4. The molecule has 2 aromatic heterocycles. The Morgan fingerprint density at radius 2 is 1.50 bits per heavy atom. The second kappa shape index (κ2) is 5.53. The number of hydrogen-bond donors (Lipinski definition) is 0. The van der Waals surface area contributed by atoms with E-state index in [0.717, 1.165) is 23.2 Å². The van der Waals surface area contributed by atoms with E-state index in [1.54, 1.807) is 0 Å². The quantitative estimate of drug-likeness (QED) is 0.438. The van der Waals surface area contributed by atoms with Crippen LogP contribution in [-0.2, 0) is 6.18 Å². The van der Waals surface area contributed by atoms with Gasteiger partial charge in [0.05, 0.1) is 5.56 Å². The van der Waals surface area contributed by atoms with Crippen LogP contribution in [0.2, 0.25) is 0 Å². The maximum absolute atomic E-state index is 12.5. The van der Waals surface area contributed by atoms with Crippen molar-refractivity contribution < 1.29 is 17.6 Å². The Balaban J connectivity index is 1.87. The van der Waals surface area contributed by atoms with Crippen molar-refractivity contribution in [2.24, 2.45) is 0 Å². The third kappa shape index (κ3) is 3.09. The molecule has 22 heavy (non-hydrogen) atoms. The summed E-state index contributed by atoms with van der Waals surface area (Å²) in [6.45, 7) is 0. The van der Waals surface area contributed by atoms with Gasteiger partial charge in [-0.25, -0.2) is 0 Å². The fraction of sp³-hybridized carbons (Fsp3) is 0.0556. The highest BCUT2D eigenvalue weighted by Gasteiger charge is 2.29. The zero-order chi connectivity index (χ0) is 15.6. The number of halogens is 3. The normalized spacial score (nSPS) is 11.0. The summed E-state index contributed by atoms with van der Waals surface area (Å²) < 4.78 is 39.4. The molecule has 0 atom stereocenters. The Bertz CT molecular complexity index is 868. The molecule has 0 saturated carbocycles.